The lowest BCUT2D eigenvalue weighted by Crippen LogP contribution is -2.25. The molecule has 0 radical (unpaired) electrons. The van der Waals surface area contributed by atoms with Gasteiger partial charge in [-0.2, -0.15) is 10.1 Å². The first-order valence-corrected chi connectivity index (χ1v) is 11.2. The number of rotatable bonds is 7. The highest BCUT2D eigenvalue weighted by molar-refractivity contribution is 7.22. The predicted molar refractivity (Wildman–Crippen MR) is 129 cm³/mol. The molecule has 2 aromatic carbocycles. The fraction of sp³-hybridized carbons (Fsp3) is 0.136. The van der Waals surface area contributed by atoms with Gasteiger partial charge in [0.1, 0.15) is 11.5 Å². The fourth-order valence-corrected chi connectivity index (χ4v) is 4.68. The molecule has 0 spiro atoms. The molecule has 4 rings (SSSR count). The third-order valence-corrected chi connectivity index (χ3v) is 6.56. The number of hydrogen-bond acceptors (Lipinski definition) is 9. The number of hydrazone groups is 1. The fourth-order valence-electron chi connectivity index (χ4n) is 2.98. The van der Waals surface area contributed by atoms with Crippen LogP contribution in [0, 0.1) is 17.0 Å². The Morgan fingerprint density at radius 1 is 1.09 bits per heavy atom. The van der Waals surface area contributed by atoms with Crippen LogP contribution >= 0.6 is 22.7 Å². The highest BCUT2D eigenvalue weighted by Gasteiger charge is 2.23. The molecule has 0 atom stereocenters. The minimum Gasteiger partial charge on any atom is -0.497 e. The zero-order valence-electron chi connectivity index (χ0n) is 17.8. The second-order valence-electron chi connectivity index (χ2n) is 6.86. The number of aryl methyl sites for hydroxylation is 1. The zero-order chi connectivity index (χ0) is 23.5. The summed E-state index contributed by atoms with van der Waals surface area (Å²) < 4.78 is 11.5. The largest absolute Gasteiger partial charge is 0.497 e. The molecule has 0 saturated heterocycles. The van der Waals surface area contributed by atoms with E-state index in [0.29, 0.717) is 21.5 Å². The number of aromatic nitrogens is 1. The van der Waals surface area contributed by atoms with Crippen molar-refractivity contribution in [2.45, 2.75) is 6.92 Å². The third-order valence-electron chi connectivity index (χ3n) is 4.60. The lowest BCUT2D eigenvalue weighted by atomic mass is 10.2. The third kappa shape index (κ3) is 4.83. The van der Waals surface area contributed by atoms with Crippen LogP contribution in [-0.2, 0) is 0 Å². The minimum absolute atomic E-state index is 0.0117. The van der Waals surface area contributed by atoms with Crippen molar-refractivity contribution in [1.82, 2.24) is 4.98 Å². The molecule has 0 aliphatic heterocycles. The summed E-state index contributed by atoms with van der Waals surface area (Å²) in [6, 6.07) is 13.6. The van der Waals surface area contributed by atoms with Gasteiger partial charge in [-0.15, -0.1) is 0 Å². The van der Waals surface area contributed by atoms with Gasteiger partial charge in [0.15, 0.2) is 0 Å². The SMILES string of the molecule is COc1cc(OC)cc(C(=O)N(/N=C/c2ccc([N+](=O)[O-])s2)c2nc3ccc(C)cc3s2)c1. The van der Waals surface area contributed by atoms with Crippen molar-refractivity contribution in [3.8, 4) is 11.5 Å². The Morgan fingerprint density at radius 3 is 2.45 bits per heavy atom. The van der Waals surface area contributed by atoms with E-state index in [1.54, 1.807) is 24.3 Å². The Balaban J connectivity index is 1.78. The molecule has 11 heteroatoms. The number of amides is 1. The summed E-state index contributed by atoms with van der Waals surface area (Å²) in [6.45, 7) is 1.98. The first-order valence-electron chi connectivity index (χ1n) is 9.61. The monoisotopic (exact) mass is 482 g/mol. The standard InChI is InChI=1S/C22H18N4O5S2/c1-13-4-6-18-19(8-13)33-22(24-18)25(23-12-17-5-7-20(32-17)26(28)29)21(27)14-9-15(30-2)11-16(10-14)31-3/h4-12H,1-3H3/b23-12+. The number of anilines is 1. The van der Waals surface area contributed by atoms with Gasteiger partial charge in [-0.1, -0.05) is 28.7 Å². The van der Waals surface area contributed by atoms with Crippen molar-refractivity contribution in [3.05, 3.63) is 74.6 Å². The second kappa shape index (κ2) is 9.35. The minimum atomic E-state index is -0.469. The summed E-state index contributed by atoms with van der Waals surface area (Å²) in [5.74, 6) is 0.455. The molecule has 0 aliphatic carbocycles. The topological polar surface area (TPSA) is 107 Å². The molecule has 4 aromatic rings. The van der Waals surface area contributed by atoms with Crippen LogP contribution in [0.4, 0.5) is 10.1 Å². The van der Waals surface area contributed by atoms with Gasteiger partial charge in [0.2, 0.25) is 5.13 Å². The van der Waals surface area contributed by atoms with Crippen molar-refractivity contribution >= 4 is 55.1 Å². The van der Waals surface area contributed by atoms with Crippen LogP contribution in [0.15, 0.2) is 53.6 Å². The van der Waals surface area contributed by atoms with Gasteiger partial charge in [-0.05, 0) is 42.8 Å². The van der Waals surface area contributed by atoms with Gasteiger partial charge >= 0.3 is 5.00 Å². The quantitative estimate of drug-likeness (QED) is 0.202. The summed E-state index contributed by atoms with van der Waals surface area (Å²) in [6.07, 6.45) is 1.41. The molecule has 0 saturated carbocycles. The van der Waals surface area contributed by atoms with Gasteiger partial charge in [0, 0.05) is 17.7 Å². The Kier molecular flexibility index (Phi) is 6.33. The summed E-state index contributed by atoms with van der Waals surface area (Å²) in [7, 11) is 3.00. The number of carbonyl (C=O) groups is 1. The Hall–Kier alpha value is -3.83. The van der Waals surface area contributed by atoms with E-state index in [0.717, 1.165) is 27.1 Å². The number of fused-ring (bicyclic) bond motifs is 1. The smallest absolute Gasteiger partial charge is 0.324 e. The second-order valence-corrected chi connectivity index (χ2v) is 8.97. The van der Waals surface area contributed by atoms with Gasteiger partial charge in [0.25, 0.3) is 5.91 Å². The van der Waals surface area contributed by atoms with E-state index < -0.39 is 10.8 Å². The van der Waals surface area contributed by atoms with E-state index in [2.05, 4.69) is 10.1 Å². The van der Waals surface area contributed by atoms with Gasteiger partial charge in [-0.25, -0.2) is 4.98 Å². The first-order chi connectivity index (χ1) is 15.9. The van der Waals surface area contributed by atoms with E-state index in [1.807, 2.05) is 25.1 Å². The average Bonchev–Trinajstić information content (AvgIpc) is 3.45. The van der Waals surface area contributed by atoms with Gasteiger partial charge < -0.3 is 9.47 Å². The number of methoxy groups -OCH3 is 2. The van der Waals surface area contributed by atoms with Gasteiger partial charge in [-0.3, -0.25) is 14.9 Å². The van der Waals surface area contributed by atoms with Gasteiger partial charge in [0.05, 0.1) is 40.5 Å². The number of nitrogens with zero attached hydrogens (tertiary/aromatic N) is 4. The van der Waals surface area contributed by atoms with Crippen LogP contribution in [0.5, 0.6) is 11.5 Å². The van der Waals surface area contributed by atoms with E-state index >= 15 is 0 Å². The molecular formula is C22H18N4O5S2. The molecular weight excluding hydrogens is 464 g/mol. The number of nitro groups is 1. The molecule has 1 amide bonds. The van der Waals surface area contributed by atoms with Crippen LogP contribution in [0.1, 0.15) is 20.8 Å². The van der Waals surface area contributed by atoms with Crippen molar-refractivity contribution < 1.29 is 19.2 Å². The van der Waals surface area contributed by atoms with E-state index in [1.165, 1.54) is 42.8 Å². The van der Waals surface area contributed by atoms with E-state index in [9.17, 15) is 14.9 Å². The molecule has 33 heavy (non-hydrogen) atoms. The van der Waals surface area contributed by atoms with Crippen LogP contribution < -0.4 is 14.5 Å². The molecule has 0 unspecified atom stereocenters. The molecule has 2 heterocycles. The summed E-state index contributed by atoms with van der Waals surface area (Å²) in [5, 5.41) is 16.9. The Bertz CT molecular complexity index is 1360. The van der Waals surface area contributed by atoms with Crippen molar-refractivity contribution in [1.29, 1.82) is 0 Å². The number of hydrogen-bond donors (Lipinski definition) is 0. The molecule has 9 nitrogen and oxygen atoms in total. The number of thiophene rings is 1. The highest BCUT2D eigenvalue weighted by Crippen LogP contribution is 2.32. The summed E-state index contributed by atoms with van der Waals surface area (Å²) in [5.41, 5.74) is 2.10. The average molecular weight is 483 g/mol. The Morgan fingerprint density at radius 2 is 1.82 bits per heavy atom. The molecule has 0 fully saturated rings. The predicted octanol–water partition coefficient (Wildman–Crippen LogP) is 5.27. The maximum Gasteiger partial charge on any atom is 0.324 e. The lowest BCUT2D eigenvalue weighted by Gasteiger charge is -2.15. The molecule has 0 bridgehead atoms. The number of thiazole rings is 1. The number of carbonyl (C=O) groups excluding carboxylic acids is 1. The maximum atomic E-state index is 13.5. The van der Waals surface area contributed by atoms with Crippen molar-refractivity contribution in [3.63, 3.8) is 0 Å². The van der Waals surface area contributed by atoms with Crippen LogP contribution in [0.2, 0.25) is 0 Å². The van der Waals surface area contributed by atoms with Crippen LogP contribution in [0.25, 0.3) is 10.2 Å². The lowest BCUT2D eigenvalue weighted by molar-refractivity contribution is -0.380. The van der Waals surface area contributed by atoms with Crippen LogP contribution in [0.3, 0.4) is 0 Å². The molecule has 2 aromatic heterocycles. The number of benzene rings is 2. The molecule has 0 aliphatic rings. The van der Waals surface area contributed by atoms with E-state index in [4.69, 9.17) is 9.47 Å². The number of ether oxygens (including phenoxy) is 2. The summed E-state index contributed by atoms with van der Waals surface area (Å²) in [4.78, 5) is 29.1. The van der Waals surface area contributed by atoms with E-state index in [-0.39, 0.29) is 10.6 Å². The summed E-state index contributed by atoms with van der Waals surface area (Å²) >= 11 is 2.28. The van der Waals surface area contributed by atoms with Crippen molar-refractivity contribution in [2.75, 3.05) is 19.2 Å². The van der Waals surface area contributed by atoms with Crippen molar-refractivity contribution in [2.24, 2.45) is 5.10 Å². The molecule has 168 valence electrons. The Labute approximate surface area is 196 Å². The first kappa shape index (κ1) is 22.4. The zero-order valence-corrected chi connectivity index (χ0v) is 19.5. The highest BCUT2D eigenvalue weighted by atomic mass is 32.1. The van der Waals surface area contributed by atoms with Crippen LogP contribution in [-0.4, -0.2) is 36.2 Å². The molecule has 0 N–H and O–H groups in total. The maximum absolute atomic E-state index is 13.5. The normalized spacial score (nSPS) is 11.1.